The van der Waals surface area contributed by atoms with Gasteiger partial charge in [-0.2, -0.15) is 0 Å². The minimum absolute atomic E-state index is 0.173. The van der Waals surface area contributed by atoms with Crippen molar-refractivity contribution in [2.24, 2.45) is 0 Å². The lowest BCUT2D eigenvalue weighted by Gasteiger charge is -2.36. The largest absolute Gasteiger partial charge is 0.326 e. The standard InChI is InChI=1S/C24H20N4O5/c1-15-9-11-16(12-10-15)24(31)27-20-8-3-2-7-19(20)26-23(30)21(27)14-22(29)25-17-5-4-6-18(13-17)28(32)33/h2-13,21H,14H2,1H3,(H,25,29)(H,26,30)/t21-/m1/s1. The molecule has 0 aliphatic carbocycles. The molecular weight excluding hydrogens is 424 g/mol. The molecule has 0 aromatic heterocycles. The second kappa shape index (κ2) is 8.91. The first kappa shape index (κ1) is 21.7. The van der Waals surface area contributed by atoms with Gasteiger partial charge in [-0.25, -0.2) is 0 Å². The Morgan fingerprint density at radius 1 is 1.06 bits per heavy atom. The lowest BCUT2D eigenvalue weighted by molar-refractivity contribution is -0.384. The van der Waals surface area contributed by atoms with Gasteiger partial charge in [0.2, 0.25) is 11.8 Å². The molecule has 0 saturated carbocycles. The summed E-state index contributed by atoms with van der Waals surface area (Å²) in [5.41, 5.74) is 2.37. The van der Waals surface area contributed by atoms with E-state index in [0.29, 0.717) is 16.9 Å². The number of nitro groups is 1. The summed E-state index contributed by atoms with van der Waals surface area (Å²) in [6.45, 7) is 1.90. The fourth-order valence-electron chi connectivity index (χ4n) is 3.65. The smallest absolute Gasteiger partial charge is 0.271 e. The summed E-state index contributed by atoms with van der Waals surface area (Å²) in [5, 5.41) is 16.3. The molecule has 3 aromatic carbocycles. The fraction of sp³-hybridized carbons (Fsp3) is 0.125. The highest BCUT2D eigenvalue weighted by Crippen LogP contribution is 2.34. The molecule has 9 heteroatoms. The number of carbonyl (C=O) groups excluding carboxylic acids is 3. The van der Waals surface area contributed by atoms with Crippen molar-refractivity contribution in [3.05, 3.63) is 94.0 Å². The van der Waals surface area contributed by atoms with E-state index in [-0.39, 0.29) is 17.8 Å². The Labute approximate surface area is 189 Å². The molecule has 3 aromatic rings. The van der Waals surface area contributed by atoms with Crippen molar-refractivity contribution >= 4 is 40.5 Å². The van der Waals surface area contributed by atoms with Crippen LogP contribution in [-0.2, 0) is 9.59 Å². The molecule has 2 N–H and O–H groups in total. The molecule has 33 heavy (non-hydrogen) atoms. The maximum absolute atomic E-state index is 13.4. The summed E-state index contributed by atoms with van der Waals surface area (Å²) in [6, 6.07) is 18.2. The highest BCUT2D eigenvalue weighted by molar-refractivity contribution is 6.17. The summed E-state index contributed by atoms with van der Waals surface area (Å²) in [7, 11) is 0. The zero-order valence-corrected chi connectivity index (χ0v) is 17.6. The number of non-ortho nitro benzene ring substituents is 1. The number of anilines is 3. The van der Waals surface area contributed by atoms with E-state index in [1.54, 1.807) is 48.5 Å². The number of carbonyl (C=O) groups is 3. The summed E-state index contributed by atoms with van der Waals surface area (Å²) in [5.74, 6) is -1.47. The van der Waals surface area contributed by atoms with Crippen molar-refractivity contribution < 1.29 is 19.3 Å². The van der Waals surface area contributed by atoms with E-state index in [1.807, 2.05) is 6.92 Å². The quantitative estimate of drug-likeness (QED) is 0.457. The first-order valence-electron chi connectivity index (χ1n) is 10.2. The zero-order chi connectivity index (χ0) is 23.5. The molecule has 3 amide bonds. The van der Waals surface area contributed by atoms with Crippen LogP contribution in [0.1, 0.15) is 22.3 Å². The van der Waals surface area contributed by atoms with E-state index >= 15 is 0 Å². The number of rotatable bonds is 5. The molecule has 1 atom stereocenters. The van der Waals surface area contributed by atoms with Crippen LogP contribution in [0, 0.1) is 17.0 Å². The van der Waals surface area contributed by atoms with Crippen LogP contribution in [0.5, 0.6) is 0 Å². The molecule has 166 valence electrons. The van der Waals surface area contributed by atoms with Crippen molar-refractivity contribution in [2.45, 2.75) is 19.4 Å². The number of benzene rings is 3. The summed E-state index contributed by atoms with van der Waals surface area (Å²) < 4.78 is 0. The molecule has 9 nitrogen and oxygen atoms in total. The van der Waals surface area contributed by atoms with Crippen molar-refractivity contribution in [2.75, 3.05) is 15.5 Å². The zero-order valence-electron chi connectivity index (χ0n) is 17.6. The minimum Gasteiger partial charge on any atom is -0.326 e. The van der Waals surface area contributed by atoms with E-state index in [1.165, 1.54) is 29.2 Å². The molecule has 1 aliphatic heterocycles. The van der Waals surface area contributed by atoms with Gasteiger partial charge in [0.25, 0.3) is 11.6 Å². The number of nitro benzene ring substituents is 1. The van der Waals surface area contributed by atoms with Gasteiger partial charge in [0, 0.05) is 23.4 Å². The van der Waals surface area contributed by atoms with Crippen LogP contribution in [0.15, 0.2) is 72.8 Å². The highest BCUT2D eigenvalue weighted by Gasteiger charge is 2.38. The molecule has 0 fully saturated rings. The van der Waals surface area contributed by atoms with Gasteiger partial charge in [-0.05, 0) is 37.3 Å². The average Bonchev–Trinajstić information content (AvgIpc) is 2.79. The molecule has 4 rings (SSSR count). The Bertz CT molecular complexity index is 1260. The third kappa shape index (κ3) is 4.57. The van der Waals surface area contributed by atoms with Gasteiger partial charge in [0.05, 0.1) is 22.7 Å². The predicted molar refractivity (Wildman–Crippen MR) is 123 cm³/mol. The maximum atomic E-state index is 13.4. The number of aryl methyl sites for hydroxylation is 1. The highest BCUT2D eigenvalue weighted by atomic mass is 16.6. The van der Waals surface area contributed by atoms with Crippen LogP contribution < -0.4 is 15.5 Å². The summed E-state index contributed by atoms with van der Waals surface area (Å²) in [6.07, 6.45) is -0.333. The number of nitrogens with zero attached hydrogens (tertiary/aromatic N) is 2. The van der Waals surface area contributed by atoms with E-state index in [0.717, 1.165) is 5.56 Å². The average molecular weight is 444 g/mol. The molecule has 1 heterocycles. The van der Waals surface area contributed by atoms with Crippen LogP contribution in [-0.4, -0.2) is 28.7 Å². The molecule has 0 saturated heterocycles. The second-order valence-electron chi connectivity index (χ2n) is 7.62. The summed E-state index contributed by atoms with van der Waals surface area (Å²) in [4.78, 5) is 50.9. The van der Waals surface area contributed by atoms with Gasteiger partial charge in [0.15, 0.2) is 0 Å². The monoisotopic (exact) mass is 444 g/mol. The van der Waals surface area contributed by atoms with E-state index in [2.05, 4.69) is 10.6 Å². The molecular formula is C24H20N4O5. The van der Waals surface area contributed by atoms with Crippen molar-refractivity contribution in [1.29, 1.82) is 0 Å². The Balaban J connectivity index is 1.63. The van der Waals surface area contributed by atoms with Crippen LogP contribution in [0.3, 0.4) is 0 Å². The number of fused-ring (bicyclic) bond motifs is 1. The van der Waals surface area contributed by atoms with Gasteiger partial charge < -0.3 is 10.6 Å². The Morgan fingerprint density at radius 2 is 1.79 bits per heavy atom. The molecule has 0 unspecified atom stereocenters. The first-order valence-corrected chi connectivity index (χ1v) is 10.2. The van der Waals surface area contributed by atoms with E-state index < -0.39 is 28.7 Å². The molecule has 1 aliphatic rings. The Kier molecular flexibility index (Phi) is 5.86. The van der Waals surface area contributed by atoms with Crippen LogP contribution >= 0.6 is 0 Å². The third-order valence-corrected chi connectivity index (χ3v) is 5.27. The fourth-order valence-corrected chi connectivity index (χ4v) is 3.65. The predicted octanol–water partition coefficient (Wildman–Crippen LogP) is 3.90. The van der Waals surface area contributed by atoms with Gasteiger partial charge in [-0.15, -0.1) is 0 Å². The number of hydrogen-bond acceptors (Lipinski definition) is 5. The van der Waals surface area contributed by atoms with Crippen LogP contribution in [0.25, 0.3) is 0 Å². The number of amides is 3. The first-order chi connectivity index (χ1) is 15.8. The van der Waals surface area contributed by atoms with Gasteiger partial charge in [0.1, 0.15) is 6.04 Å². The number of hydrogen-bond donors (Lipinski definition) is 2. The van der Waals surface area contributed by atoms with Crippen LogP contribution in [0.4, 0.5) is 22.7 Å². The lowest BCUT2D eigenvalue weighted by Crippen LogP contribution is -2.52. The number of para-hydroxylation sites is 2. The Hall–Kier alpha value is -4.53. The maximum Gasteiger partial charge on any atom is 0.271 e. The van der Waals surface area contributed by atoms with Crippen molar-refractivity contribution in [1.82, 2.24) is 0 Å². The molecule has 0 bridgehead atoms. The second-order valence-corrected chi connectivity index (χ2v) is 7.62. The van der Waals surface area contributed by atoms with Crippen LogP contribution in [0.2, 0.25) is 0 Å². The molecule has 0 spiro atoms. The van der Waals surface area contributed by atoms with E-state index in [4.69, 9.17) is 0 Å². The minimum atomic E-state index is -1.10. The third-order valence-electron chi connectivity index (χ3n) is 5.27. The van der Waals surface area contributed by atoms with E-state index in [9.17, 15) is 24.5 Å². The van der Waals surface area contributed by atoms with Gasteiger partial charge >= 0.3 is 0 Å². The Morgan fingerprint density at radius 3 is 2.52 bits per heavy atom. The van der Waals surface area contributed by atoms with Gasteiger partial charge in [-0.3, -0.25) is 29.4 Å². The summed E-state index contributed by atoms with van der Waals surface area (Å²) >= 11 is 0. The molecule has 0 radical (unpaired) electrons. The number of nitrogens with one attached hydrogen (secondary N) is 2. The lowest BCUT2D eigenvalue weighted by atomic mass is 10.0. The topological polar surface area (TPSA) is 122 Å². The van der Waals surface area contributed by atoms with Crippen molar-refractivity contribution in [3.8, 4) is 0 Å². The van der Waals surface area contributed by atoms with Gasteiger partial charge in [-0.1, -0.05) is 35.9 Å². The SMILES string of the molecule is Cc1ccc(C(=O)N2c3ccccc3NC(=O)[C@H]2CC(=O)Nc2cccc([N+](=O)[O-])c2)cc1. The van der Waals surface area contributed by atoms with Crippen molar-refractivity contribution in [3.63, 3.8) is 0 Å². The normalized spacial score (nSPS) is 14.8.